The zero-order valence-corrected chi connectivity index (χ0v) is 29.9. The third-order valence-corrected chi connectivity index (χ3v) is 7.36. The third-order valence-electron chi connectivity index (χ3n) is 6.80. The van der Waals surface area contributed by atoms with Gasteiger partial charge < -0.3 is 24.8 Å². The van der Waals surface area contributed by atoms with Crippen molar-refractivity contribution < 1.29 is 29.0 Å². The van der Waals surface area contributed by atoms with Crippen molar-refractivity contribution in [3.8, 4) is 5.75 Å². The molecule has 1 atom stereocenters. The zero-order valence-electron chi connectivity index (χ0n) is 28.3. The summed E-state index contributed by atoms with van der Waals surface area (Å²) in [6, 6.07) is 6.05. The number of ether oxygens (including phenoxy) is 2. The SMILES string of the molecule is C=C1c2ccc(OCCCCC)cc2CN1C1CCC(=CC)NC1=O.CC(C)(C)CCCCBr.CC(C)(C)OC=O.O=CO. The van der Waals surface area contributed by atoms with E-state index in [9.17, 15) is 9.59 Å². The molecule has 0 radical (unpaired) electrons. The number of unbranched alkanes of at least 4 members (excludes halogenated alkanes) is 3. The predicted octanol–water partition coefficient (Wildman–Crippen LogP) is 8.48. The number of halogens is 1. The van der Waals surface area contributed by atoms with E-state index in [4.69, 9.17) is 14.6 Å². The summed E-state index contributed by atoms with van der Waals surface area (Å²) in [7, 11) is 0. The van der Waals surface area contributed by atoms with Gasteiger partial charge in [-0.25, -0.2) is 0 Å². The first-order valence-corrected chi connectivity index (χ1v) is 16.7. The van der Waals surface area contributed by atoms with Gasteiger partial charge in [-0.3, -0.25) is 14.4 Å². The number of amides is 1. The van der Waals surface area contributed by atoms with Crippen molar-refractivity contribution in [1.29, 1.82) is 0 Å². The number of carboxylic acid groups (broad SMARTS) is 1. The Hall–Kier alpha value is -2.81. The highest BCUT2D eigenvalue weighted by atomic mass is 79.9. The summed E-state index contributed by atoms with van der Waals surface area (Å²) < 4.78 is 10.4. The molecule has 1 aromatic carbocycles. The van der Waals surface area contributed by atoms with Crippen molar-refractivity contribution in [1.82, 2.24) is 10.2 Å². The normalized spacial score (nSPS) is 16.6. The minimum Gasteiger partial charge on any atom is -0.494 e. The number of hydrogen-bond donors (Lipinski definition) is 2. The lowest BCUT2D eigenvalue weighted by Crippen LogP contribution is -2.47. The van der Waals surface area contributed by atoms with Crippen molar-refractivity contribution in [2.24, 2.45) is 5.41 Å². The molecule has 2 N–H and O–H groups in total. The number of nitrogens with zero attached hydrogens (tertiary/aromatic N) is 1. The van der Waals surface area contributed by atoms with E-state index in [0.717, 1.165) is 60.5 Å². The van der Waals surface area contributed by atoms with Gasteiger partial charge in [0.05, 0.1) is 6.61 Å². The number of fused-ring (bicyclic) bond motifs is 1. The van der Waals surface area contributed by atoms with Gasteiger partial charge in [0.25, 0.3) is 12.9 Å². The van der Waals surface area contributed by atoms with Gasteiger partial charge in [-0.1, -0.05) is 75.5 Å². The first-order valence-electron chi connectivity index (χ1n) is 15.6. The van der Waals surface area contributed by atoms with Crippen LogP contribution in [0, 0.1) is 5.41 Å². The van der Waals surface area contributed by atoms with Crippen LogP contribution in [0.4, 0.5) is 0 Å². The number of rotatable bonds is 10. The van der Waals surface area contributed by atoms with Crippen LogP contribution in [0.1, 0.15) is 118 Å². The molecule has 3 rings (SSSR count). The molecular formula is C35H57BrN2O6. The molecule has 0 aromatic heterocycles. The molecule has 2 heterocycles. The van der Waals surface area contributed by atoms with Gasteiger partial charge >= 0.3 is 0 Å². The van der Waals surface area contributed by atoms with Crippen LogP contribution in [-0.4, -0.2) is 52.4 Å². The predicted molar refractivity (Wildman–Crippen MR) is 184 cm³/mol. The minimum atomic E-state index is -0.318. The highest BCUT2D eigenvalue weighted by Gasteiger charge is 2.35. The van der Waals surface area contributed by atoms with Gasteiger partial charge in [0.1, 0.15) is 17.4 Å². The standard InChI is InChI=1S/C21H28N2O2.C8H17Br.C5H10O2.CH2O2/c1-4-6-7-12-25-18-9-10-19-15(3)23(14-16(19)13-18)20-11-8-17(5-2)22-21(20)24;1-8(2,3)6-4-5-7-9;1-5(2,3)7-4-6;2-1-3/h5,9-10,13,20H,3-4,6-8,11-12,14H2,1-2H3,(H,22,24);4-7H2,1-3H3;4H,1-3H3;1H,(H,2,3). The maximum absolute atomic E-state index is 12.5. The van der Waals surface area contributed by atoms with Crippen molar-refractivity contribution in [2.45, 2.75) is 125 Å². The van der Waals surface area contributed by atoms with Crippen LogP contribution in [-0.2, 0) is 25.7 Å². The molecule has 250 valence electrons. The van der Waals surface area contributed by atoms with Crippen LogP contribution in [0.15, 0.2) is 36.6 Å². The van der Waals surface area contributed by atoms with Gasteiger partial charge in [-0.2, -0.15) is 0 Å². The zero-order chi connectivity index (χ0) is 33.8. The average Bonchev–Trinajstić information content (AvgIpc) is 3.26. The van der Waals surface area contributed by atoms with E-state index in [-0.39, 0.29) is 24.0 Å². The highest BCUT2D eigenvalue weighted by molar-refractivity contribution is 9.09. The summed E-state index contributed by atoms with van der Waals surface area (Å²) in [6.07, 6.45) is 11.2. The highest BCUT2D eigenvalue weighted by Crippen LogP contribution is 2.37. The van der Waals surface area contributed by atoms with Gasteiger partial charge in [0.15, 0.2) is 0 Å². The number of carbonyl (C=O) groups is 3. The molecule has 9 heteroatoms. The topological polar surface area (TPSA) is 105 Å². The van der Waals surface area contributed by atoms with Crippen LogP contribution in [0.3, 0.4) is 0 Å². The fourth-order valence-corrected chi connectivity index (χ4v) is 4.88. The lowest BCUT2D eigenvalue weighted by atomic mass is 9.90. The van der Waals surface area contributed by atoms with Gasteiger partial charge in [0, 0.05) is 28.8 Å². The number of nitrogens with one attached hydrogen (secondary N) is 1. The number of alkyl halides is 1. The minimum absolute atomic E-state index is 0.0735. The van der Waals surface area contributed by atoms with Crippen LogP contribution < -0.4 is 10.1 Å². The Morgan fingerprint density at radius 2 is 1.77 bits per heavy atom. The first kappa shape index (κ1) is 41.2. The van der Waals surface area contributed by atoms with Crippen molar-refractivity contribution >= 4 is 40.5 Å². The van der Waals surface area contributed by atoms with Gasteiger partial charge in [0.2, 0.25) is 5.91 Å². The van der Waals surface area contributed by atoms with Gasteiger partial charge in [-0.15, -0.1) is 0 Å². The summed E-state index contributed by atoms with van der Waals surface area (Å²) >= 11 is 3.42. The Morgan fingerprint density at radius 3 is 2.25 bits per heavy atom. The molecule has 0 saturated carbocycles. The largest absolute Gasteiger partial charge is 0.494 e. The number of benzene rings is 1. The molecule has 8 nitrogen and oxygen atoms in total. The lowest BCUT2D eigenvalue weighted by Gasteiger charge is -2.33. The van der Waals surface area contributed by atoms with Crippen LogP contribution in [0.2, 0.25) is 0 Å². The molecule has 1 amide bonds. The van der Waals surface area contributed by atoms with E-state index in [2.05, 4.69) is 77.3 Å². The Bertz CT molecular complexity index is 1040. The van der Waals surface area contributed by atoms with E-state index in [0.29, 0.717) is 11.9 Å². The molecule has 1 aromatic rings. The summed E-state index contributed by atoms with van der Waals surface area (Å²) in [4.78, 5) is 32.5. The Balaban J connectivity index is 0.000000800. The Labute approximate surface area is 274 Å². The Morgan fingerprint density at radius 1 is 1.11 bits per heavy atom. The summed E-state index contributed by atoms with van der Waals surface area (Å²) in [6.45, 7) is 22.4. The average molecular weight is 682 g/mol. The first-order chi connectivity index (χ1) is 20.7. The lowest BCUT2D eigenvalue weighted by molar-refractivity contribution is -0.138. The fraction of sp³-hybridized carbons (Fsp3) is 0.629. The van der Waals surface area contributed by atoms with E-state index in [1.807, 2.05) is 39.8 Å². The monoisotopic (exact) mass is 680 g/mol. The van der Waals surface area contributed by atoms with Crippen LogP contribution >= 0.6 is 15.9 Å². The molecule has 1 fully saturated rings. The molecule has 0 bridgehead atoms. The van der Waals surface area contributed by atoms with E-state index < -0.39 is 0 Å². The molecule has 0 aliphatic carbocycles. The maximum atomic E-state index is 12.5. The second-order valence-electron chi connectivity index (χ2n) is 12.9. The molecule has 1 saturated heterocycles. The van der Waals surface area contributed by atoms with E-state index in [1.54, 1.807) is 0 Å². The van der Waals surface area contributed by atoms with Crippen molar-refractivity contribution in [3.05, 3.63) is 47.7 Å². The van der Waals surface area contributed by atoms with Crippen LogP contribution in [0.5, 0.6) is 5.75 Å². The molecule has 2 aliphatic heterocycles. The second kappa shape index (κ2) is 21.8. The van der Waals surface area contributed by atoms with Crippen molar-refractivity contribution in [3.63, 3.8) is 0 Å². The second-order valence-corrected chi connectivity index (χ2v) is 13.7. The maximum Gasteiger partial charge on any atom is 0.293 e. The molecule has 0 spiro atoms. The van der Waals surface area contributed by atoms with E-state index in [1.165, 1.54) is 37.7 Å². The van der Waals surface area contributed by atoms with Crippen LogP contribution in [0.25, 0.3) is 5.70 Å². The fourth-order valence-electron chi connectivity index (χ4n) is 4.48. The number of hydrogen-bond acceptors (Lipinski definition) is 6. The third kappa shape index (κ3) is 17.5. The molecule has 44 heavy (non-hydrogen) atoms. The quantitative estimate of drug-likeness (QED) is 0.145. The summed E-state index contributed by atoms with van der Waals surface area (Å²) in [5.74, 6) is 0.984. The summed E-state index contributed by atoms with van der Waals surface area (Å²) in [5.41, 5.74) is 4.50. The number of carbonyl (C=O) groups excluding carboxylic acids is 2. The van der Waals surface area contributed by atoms with Crippen molar-refractivity contribution in [2.75, 3.05) is 11.9 Å². The number of piperidine rings is 1. The van der Waals surface area contributed by atoms with Gasteiger partial charge in [-0.05, 0) is 89.0 Å². The molecule has 1 unspecified atom stereocenters. The molecular weight excluding hydrogens is 624 g/mol. The smallest absolute Gasteiger partial charge is 0.293 e. The summed E-state index contributed by atoms with van der Waals surface area (Å²) in [5, 5.41) is 11.1. The number of allylic oxidation sites excluding steroid dienone is 2. The molecule has 2 aliphatic rings. The van der Waals surface area contributed by atoms with E-state index >= 15 is 0 Å². The Kier molecular flexibility index (Phi) is 20.4.